The largest absolute Gasteiger partial charge is 0.496 e. The molecule has 9 heteroatoms. The summed E-state index contributed by atoms with van der Waals surface area (Å²) >= 11 is 9.40. The van der Waals surface area contributed by atoms with Crippen LogP contribution in [-0.2, 0) is 51.4 Å². The average Bonchev–Trinajstić information content (AvgIpc) is 3.11. The Balaban J connectivity index is 1.58. The van der Waals surface area contributed by atoms with Crippen LogP contribution in [-0.4, -0.2) is 67.1 Å². The van der Waals surface area contributed by atoms with Gasteiger partial charge in [0, 0.05) is 37.2 Å². The maximum Gasteiger partial charge on any atom is 0.126 e. The van der Waals surface area contributed by atoms with E-state index in [0.717, 1.165) is 78.6 Å². The number of fused-ring (bicyclic) bond motifs is 2. The van der Waals surface area contributed by atoms with Gasteiger partial charge in [-0.15, -0.1) is 0 Å². The number of benzene rings is 4. The minimum absolute atomic E-state index is 0.405. The highest BCUT2D eigenvalue weighted by atomic mass is 32.1. The summed E-state index contributed by atoms with van der Waals surface area (Å²) in [6.07, 6.45) is 2.48. The molecule has 4 aromatic rings. The first-order valence-electron chi connectivity index (χ1n) is 16.9. The number of para-hydroxylation sites is 2. The molecule has 6 rings (SSSR count). The summed E-state index contributed by atoms with van der Waals surface area (Å²) in [6, 6.07) is 21.6. The minimum atomic E-state index is 0.405. The van der Waals surface area contributed by atoms with Gasteiger partial charge in [0.25, 0.3) is 0 Å². The summed E-state index contributed by atoms with van der Waals surface area (Å²) in [5.41, 5.74) is 10.9. The van der Waals surface area contributed by atoms with Gasteiger partial charge in [-0.2, -0.15) is 25.3 Å². The van der Waals surface area contributed by atoms with Crippen LogP contribution in [0.4, 0.5) is 0 Å². The lowest BCUT2D eigenvalue weighted by Crippen LogP contribution is -2.16. The lowest BCUT2D eigenvalue weighted by atomic mass is 9.90. The molecule has 49 heavy (non-hydrogen) atoms. The lowest BCUT2D eigenvalue weighted by Gasteiger charge is -2.23. The molecule has 0 radical (unpaired) electrons. The third-order valence-electron chi connectivity index (χ3n) is 8.95. The maximum atomic E-state index is 6.62. The fraction of sp³-hybridized carbons (Fsp3) is 0.400. The maximum absolute atomic E-state index is 6.62. The van der Waals surface area contributed by atoms with E-state index in [1.807, 2.05) is 0 Å². The normalized spacial score (nSPS) is 15.8. The number of ether oxygens (including phenoxy) is 7. The first-order chi connectivity index (χ1) is 24.1. The summed E-state index contributed by atoms with van der Waals surface area (Å²) < 4.78 is 43.1. The number of thiol groups is 2. The van der Waals surface area contributed by atoms with Gasteiger partial charge in [-0.05, 0) is 55.6 Å². The van der Waals surface area contributed by atoms with Crippen molar-refractivity contribution >= 4 is 25.3 Å². The third kappa shape index (κ3) is 8.70. The van der Waals surface area contributed by atoms with Crippen LogP contribution < -0.4 is 18.9 Å². The molecule has 7 nitrogen and oxygen atoms in total. The van der Waals surface area contributed by atoms with Crippen LogP contribution in [0.15, 0.2) is 60.7 Å². The molecule has 260 valence electrons. The zero-order chi connectivity index (χ0) is 34.0. The van der Waals surface area contributed by atoms with Crippen molar-refractivity contribution in [2.75, 3.05) is 67.1 Å². The zero-order valence-corrected chi connectivity index (χ0v) is 30.2. The first kappa shape index (κ1) is 35.5. The summed E-state index contributed by atoms with van der Waals surface area (Å²) in [7, 11) is 3.51. The Kier molecular flexibility index (Phi) is 12.7. The van der Waals surface area contributed by atoms with Crippen LogP contribution in [0.5, 0.6) is 23.0 Å². The van der Waals surface area contributed by atoms with E-state index < -0.39 is 0 Å². The quantitative estimate of drug-likeness (QED) is 0.195. The van der Waals surface area contributed by atoms with Crippen molar-refractivity contribution in [3.05, 3.63) is 116 Å². The molecule has 0 amide bonds. The lowest BCUT2D eigenvalue weighted by molar-refractivity contribution is 0.00484. The fourth-order valence-electron chi connectivity index (χ4n) is 6.86. The second-order valence-electron chi connectivity index (χ2n) is 12.3. The molecule has 0 atom stereocenters. The van der Waals surface area contributed by atoms with E-state index in [4.69, 9.17) is 58.4 Å². The SMILES string of the molecule is COc1c2cc(CS)cc1Cc1cccc3c1OCCOCCOCCOCCOc1c(cccc1Cc1cc(CS)cc(c1OC)C3)C2. The van der Waals surface area contributed by atoms with Gasteiger partial charge in [0.1, 0.15) is 36.2 Å². The Morgan fingerprint density at radius 3 is 1.06 bits per heavy atom. The molecule has 0 fully saturated rings. The number of methoxy groups -OCH3 is 2. The molecular formula is C40H46O7S2. The monoisotopic (exact) mass is 702 g/mol. The highest BCUT2D eigenvalue weighted by Crippen LogP contribution is 2.40. The van der Waals surface area contributed by atoms with E-state index >= 15 is 0 Å². The van der Waals surface area contributed by atoms with Crippen molar-refractivity contribution in [3.8, 4) is 23.0 Å². The molecule has 0 unspecified atom stereocenters. The van der Waals surface area contributed by atoms with Gasteiger partial charge in [-0.3, -0.25) is 0 Å². The molecule has 1 aliphatic heterocycles. The summed E-state index contributed by atoms with van der Waals surface area (Å²) in [4.78, 5) is 0. The van der Waals surface area contributed by atoms with Crippen LogP contribution >= 0.6 is 25.3 Å². The Morgan fingerprint density at radius 1 is 0.469 bits per heavy atom. The molecule has 10 bridgehead atoms. The topological polar surface area (TPSA) is 64.6 Å². The van der Waals surface area contributed by atoms with E-state index in [0.29, 0.717) is 90.0 Å². The molecular weight excluding hydrogens is 657 g/mol. The van der Waals surface area contributed by atoms with Crippen LogP contribution in [0, 0.1) is 0 Å². The van der Waals surface area contributed by atoms with E-state index in [1.54, 1.807) is 14.2 Å². The van der Waals surface area contributed by atoms with Crippen molar-refractivity contribution in [3.63, 3.8) is 0 Å². The summed E-state index contributed by atoms with van der Waals surface area (Å²) in [6.45, 7) is 3.64. The molecule has 0 spiro atoms. The van der Waals surface area contributed by atoms with Gasteiger partial charge in [0.2, 0.25) is 0 Å². The third-order valence-corrected chi connectivity index (χ3v) is 9.68. The van der Waals surface area contributed by atoms with Gasteiger partial charge < -0.3 is 33.2 Å². The molecule has 0 saturated heterocycles. The summed E-state index contributed by atoms with van der Waals surface area (Å²) in [5, 5.41) is 0. The molecule has 2 aliphatic rings. The molecule has 1 aliphatic carbocycles. The van der Waals surface area contributed by atoms with Gasteiger partial charge in [-0.25, -0.2) is 0 Å². The van der Waals surface area contributed by atoms with Crippen LogP contribution in [0.25, 0.3) is 0 Å². The fourth-order valence-corrected chi connectivity index (χ4v) is 7.22. The van der Waals surface area contributed by atoms with Crippen molar-refractivity contribution in [2.24, 2.45) is 0 Å². The van der Waals surface area contributed by atoms with Crippen LogP contribution in [0.2, 0.25) is 0 Å². The van der Waals surface area contributed by atoms with Crippen molar-refractivity contribution in [1.82, 2.24) is 0 Å². The van der Waals surface area contributed by atoms with Gasteiger partial charge >= 0.3 is 0 Å². The first-order valence-corrected chi connectivity index (χ1v) is 18.2. The molecule has 0 saturated carbocycles. The second-order valence-corrected chi connectivity index (χ2v) is 12.9. The number of hydrogen-bond donors (Lipinski definition) is 2. The Labute approximate surface area is 301 Å². The number of rotatable bonds is 4. The number of hydrogen-bond acceptors (Lipinski definition) is 9. The Morgan fingerprint density at radius 2 is 0.776 bits per heavy atom. The van der Waals surface area contributed by atoms with Crippen molar-refractivity contribution in [2.45, 2.75) is 37.2 Å². The molecule has 4 aromatic carbocycles. The van der Waals surface area contributed by atoms with E-state index in [9.17, 15) is 0 Å². The Hall–Kier alpha value is -3.34. The van der Waals surface area contributed by atoms with Gasteiger partial charge in [-0.1, -0.05) is 60.7 Å². The standard InChI is InChI=1S/C40H46O7S2/c1-41-37-33-17-27(25-48)18-34(37)22-30-6-4-8-32-24-36-20-28(26-49)19-35(38(36)42-2)23-31-7-3-5-29(21-33)39(31)46-15-13-44-11-9-43-10-12-45-14-16-47-40(30)32/h3-8,17-20,48-49H,9-16,21-26H2,1-2H3. The minimum Gasteiger partial charge on any atom is -0.496 e. The second kappa shape index (κ2) is 17.5. The highest BCUT2D eigenvalue weighted by Gasteiger charge is 2.22. The van der Waals surface area contributed by atoms with Crippen LogP contribution in [0.3, 0.4) is 0 Å². The van der Waals surface area contributed by atoms with E-state index in [-0.39, 0.29) is 0 Å². The van der Waals surface area contributed by atoms with Crippen LogP contribution in [0.1, 0.15) is 55.6 Å². The van der Waals surface area contributed by atoms with Crippen molar-refractivity contribution < 1.29 is 33.2 Å². The van der Waals surface area contributed by atoms with E-state index in [2.05, 4.69) is 60.7 Å². The molecule has 1 heterocycles. The highest BCUT2D eigenvalue weighted by molar-refractivity contribution is 7.79. The molecule has 0 aromatic heterocycles. The van der Waals surface area contributed by atoms with Crippen molar-refractivity contribution in [1.29, 1.82) is 0 Å². The average molecular weight is 703 g/mol. The predicted molar refractivity (Wildman–Crippen MR) is 199 cm³/mol. The van der Waals surface area contributed by atoms with E-state index in [1.165, 1.54) is 0 Å². The Bertz CT molecular complexity index is 1510. The molecule has 0 N–H and O–H groups in total. The zero-order valence-electron chi connectivity index (χ0n) is 28.4. The summed E-state index contributed by atoms with van der Waals surface area (Å²) in [5.74, 6) is 4.66. The smallest absolute Gasteiger partial charge is 0.126 e. The predicted octanol–water partition coefficient (Wildman–Crippen LogP) is 7.06. The van der Waals surface area contributed by atoms with Gasteiger partial charge in [0.15, 0.2) is 0 Å². The van der Waals surface area contributed by atoms with Gasteiger partial charge in [0.05, 0.1) is 53.9 Å².